The Balaban J connectivity index is 2.71. The fraction of sp³-hybridized carbons (Fsp3) is 0.385. The Kier molecular flexibility index (Phi) is 4.87. The SMILES string of the molecule is CC(C)(CN)C(=O)C(Cl)C(=O)Nc1ccccc1. The molecule has 98 valence electrons. The average molecular weight is 269 g/mol. The predicted octanol–water partition coefficient (Wildman–Crippen LogP) is 1.79. The standard InChI is InChI=1S/C13H17ClN2O2/c1-13(2,8-15)11(17)10(14)12(18)16-9-6-4-3-5-7-9/h3-7,10H,8,15H2,1-2H3,(H,16,18). The number of carbonyl (C=O) groups is 2. The Hall–Kier alpha value is -1.39. The van der Waals surface area contributed by atoms with Crippen LogP contribution in [-0.4, -0.2) is 23.6 Å². The smallest absolute Gasteiger partial charge is 0.250 e. The number of ketones is 1. The molecule has 5 heteroatoms. The average Bonchev–Trinajstić information content (AvgIpc) is 2.38. The topological polar surface area (TPSA) is 72.2 Å². The van der Waals surface area contributed by atoms with Crippen molar-refractivity contribution >= 4 is 29.0 Å². The number of halogens is 1. The van der Waals surface area contributed by atoms with Crippen molar-refractivity contribution in [2.75, 3.05) is 11.9 Å². The van der Waals surface area contributed by atoms with Crippen molar-refractivity contribution in [2.24, 2.45) is 11.1 Å². The second-order valence-corrected chi connectivity index (χ2v) is 5.11. The first-order valence-corrected chi connectivity index (χ1v) is 6.06. The van der Waals surface area contributed by atoms with E-state index in [4.69, 9.17) is 17.3 Å². The van der Waals surface area contributed by atoms with E-state index in [0.29, 0.717) is 5.69 Å². The summed E-state index contributed by atoms with van der Waals surface area (Å²) in [6.45, 7) is 3.48. The van der Waals surface area contributed by atoms with Gasteiger partial charge in [-0.25, -0.2) is 0 Å². The van der Waals surface area contributed by atoms with Gasteiger partial charge in [0.05, 0.1) is 0 Å². The zero-order valence-corrected chi connectivity index (χ0v) is 11.2. The summed E-state index contributed by atoms with van der Waals surface area (Å²) >= 11 is 5.88. The molecule has 0 aliphatic heterocycles. The van der Waals surface area contributed by atoms with E-state index in [1.54, 1.807) is 38.1 Å². The number of hydrogen-bond donors (Lipinski definition) is 2. The number of rotatable bonds is 5. The van der Waals surface area contributed by atoms with Crippen LogP contribution in [0.1, 0.15) is 13.8 Å². The summed E-state index contributed by atoms with van der Waals surface area (Å²) in [5.74, 6) is -0.908. The van der Waals surface area contributed by atoms with Crippen molar-refractivity contribution in [3.05, 3.63) is 30.3 Å². The number of amides is 1. The van der Waals surface area contributed by atoms with E-state index in [0.717, 1.165) is 0 Å². The molecular formula is C13H17ClN2O2. The number of Topliss-reactive ketones (excluding diaryl/α,β-unsaturated/α-hetero) is 1. The Morgan fingerprint density at radius 1 is 1.33 bits per heavy atom. The molecule has 0 fully saturated rings. The summed E-state index contributed by atoms with van der Waals surface area (Å²) in [7, 11) is 0. The molecule has 3 N–H and O–H groups in total. The molecule has 1 amide bonds. The number of carbonyl (C=O) groups excluding carboxylic acids is 2. The molecule has 0 radical (unpaired) electrons. The van der Waals surface area contributed by atoms with E-state index in [-0.39, 0.29) is 12.3 Å². The van der Waals surface area contributed by atoms with Crippen LogP contribution >= 0.6 is 11.6 Å². The van der Waals surface area contributed by atoms with Gasteiger partial charge in [-0.2, -0.15) is 0 Å². The van der Waals surface area contributed by atoms with Crippen LogP contribution in [0.3, 0.4) is 0 Å². The summed E-state index contributed by atoms with van der Waals surface area (Å²) < 4.78 is 0. The number of nitrogens with one attached hydrogen (secondary N) is 1. The molecule has 0 spiro atoms. The van der Waals surface area contributed by atoms with E-state index < -0.39 is 16.7 Å². The summed E-state index contributed by atoms with van der Waals surface area (Å²) in [4.78, 5) is 23.8. The van der Waals surface area contributed by atoms with Crippen LogP contribution in [0, 0.1) is 5.41 Å². The summed E-state index contributed by atoms with van der Waals surface area (Å²) in [6, 6.07) is 8.84. The Bertz CT molecular complexity index is 432. The van der Waals surface area contributed by atoms with Gasteiger partial charge in [0.15, 0.2) is 11.2 Å². The van der Waals surface area contributed by atoms with Crippen molar-refractivity contribution in [3.8, 4) is 0 Å². The first-order chi connectivity index (χ1) is 8.38. The Morgan fingerprint density at radius 3 is 2.39 bits per heavy atom. The van der Waals surface area contributed by atoms with Crippen LogP contribution in [0.15, 0.2) is 30.3 Å². The van der Waals surface area contributed by atoms with Gasteiger partial charge in [0.25, 0.3) is 0 Å². The highest BCUT2D eigenvalue weighted by Gasteiger charge is 2.35. The highest BCUT2D eigenvalue weighted by molar-refractivity contribution is 6.43. The molecule has 0 aromatic heterocycles. The second-order valence-electron chi connectivity index (χ2n) is 4.67. The third kappa shape index (κ3) is 3.55. The molecule has 1 atom stereocenters. The molecule has 1 unspecified atom stereocenters. The minimum absolute atomic E-state index is 0.146. The molecule has 0 aliphatic rings. The molecule has 0 aliphatic carbocycles. The highest BCUT2D eigenvalue weighted by Crippen LogP contribution is 2.20. The lowest BCUT2D eigenvalue weighted by molar-refractivity contribution is -0.130. The second kappa shape index (κ2) is 5.98. The third-order valence-corrected chi connectivity index (χ3v) is 3.08. The molecule has 1 aromatic carbocycles. The van der Waals surface area contributed by atoms with Crippen LogP contribution < -0.4 is 11.1 Å². The lowest BCUT2D eigenvalue weighted by Crippen LogP contribution is -2.42. The predicted molar refractivity (Wildman–Crippen MR) is 72.6 cm³/mol. The van der Waals surface area contributed by atoms with Crippen molar-refractivity contribution in [1.82, 2.24) is 0 Å². The van der Waals surface area contributed by atoms with Gasteiger partial charge in [-0.3, -0.25) is 9.59 Å². The third-order valence-electron chi connectivity index (χ3n) is 2.68. The van der Waals surface area contributed by atoms with E-state index >= 15 is 0 Å². The number of nitrogens with two attached hydrogens (primary N) is 1. The number of para-hydroxylation sites is 1. The van der Waals surface area contributed by atoms with Crippen LogP contribution in [0.2, 0.25) is 0 Å². The Labute approximate surface area is 112 Å². The molecule has 18 heavy (non-hydrogen) atoms. The van der Waals surface area contributed by atoms with Crippen molar-refractivity contribution in [2.45, 2.75) is 19.2 Å². The monoisotopic (exact) mass is 268 g/mol. The van der Waals surface area contributed by atoms with Gasteiger partial charge < -0.3 is 11.1 Å². The molecule has 0 saturated heterocycles. The fourth-order valence-corrected chi connectivity index (χ4v) is 1.64. The minimum Gasteiger partial charge on any atom is -0.329 e. The number of benzene rings is 1. The zero-order valence-electron chi connectivity index (χ0n) is 10.4. The quantitative estimate of drug-likeness (QED) is 0.632. The number of alkyl halides is 1. The van der Waals surface area contributed by atoms with E-state index in [9.17, 15) is 9.59 Å². The zero-order chi connectivity index (χ0) is 13.8. The number of hydrogen-bond acceptors (Lipinski definition) is 3. The molecular weight excluding hydrogens is 252 g/mol. The lowest BCUT2D eigenvalue weighted by atomic mass is 9.86. The molecule has 0 bridgehead atoms. The van der Waals surface area contributed by atoms with E-state index in [2.05, 4.69) is 5.32 Å². The van der Waals surface area contributed by atoms with E-state index in [1.807, 2.05) is 6.07 Å². The maximum absolute atomic E-state index is 12.0. The molecule has 4 nitrogen and oxygen atoms in total. The first-order valence-electron chi connectivity index (χ1n) is 5.63. The summed E-state index contributed by atoms with van der Waals surface area (Å²) in [5, 5.41) is 1.35. The highest BCUT2D eigenvalue weighted by atomic mass is 35.5. The van der Waals surface area contributed by atoms with Crippen molar-refractivity contribution < 1.29 is 9.59 Å². The largest absolute Gasteiger partial charge is 0.329 e. The van der Waals surface area contributed by atoms with Gasteiger partial charge in [0.2, 0.25) is 5.91 Å². The Morgan fingerprint density at radius 2 is 1.89 bits per heavy atom. The van der Waals surface area contributed by atoms with Crippen LogP contribution in [0.25, 0.3) is 0 Å². The summed E-state index contributed by atoms with van der Waals surface area (Å²) in [5.41, 5.74) is 5.28. The van der Waals surface area contributed by atoms with Crippen LogP contribution in [0.4, 0.5) is 5.69 Å². The summed E-state index contributed by atoms with van der Waals surface area (Å²) in [6.07, 6.45) is 0. The van der Waals surface area contributed by atoms with Gasteiger partial charge in [-0.15, -0.1) is 11.6 Å². The molecule has 0 saturated carbocycles. The maximum atomic E-state index is 12.0. The van der Waals surface area contributed by atoms with Gasteiger partial charge in [-0.05, 0) is 12.1 Å². The van der Waals surface area contributed by atoms with Crippen LogP contribution in [-0.2, 0) is 9.59 Å². The maximum Gasteiger partial charge on any atom is 0.250 e. The number of anilines is 1. The molecule has 1 aromatic rings. The normalized spacial score (nSPS) is 12.9. The van der Waals surface area contributed by atoms with Crippen molar-refractivity contribution in [1.29, 1.82) is 0 Å². The van der Waals surface area contributed by atoms with Crippen molar-refractivity contribution in [3.63, 3.8) is 0 Å². The molecule has 1 rings (SSSR count). The van der Waals surface area contributed by atoms with Crippen LogP contribution in [0.5, 0.6) is 0 Å². The van der Waals surface area contributed by atoms with Gasteiger partial charge in [-0.1, -0.05) is 32.0 Å². The van der Waals surface area contributed by atoms with Gasteiger partial charge >= 0.3 is 0 Å². The fourth-order valence-electron chi connectivity index (χ4n) is 1.29. The first kappa shape index (κ1) is 14.7. The minimum atomic E-state index is -1.23. The lowest BCUT2D eigenvalue weighted by Gasteiger charge is -2.23. The van der Waals surface area contributed by atoms with E-state index in [1.165, 1.54) is 0 Å². The molecule has 0 heterocycles. The van der Waals surface area contributed by atoms with Gasteiger partial charge in [0, 0.05) is 17.6 Å². The van der Waals surface area contributed by atoms with Gasteiger partial charge in [0.1, 0.15) is 0 Å².